The minimum absolute atomic E-state index is 0.0221. The zero-order chi connectivity index (χ0) is 23.9. The molecular formula is C21H23F3N8O. The fraction of sp³-hybridized carbons (Fsp3) is 0.381. The predicted molar refractivity (Wildman–Crippen MR) is 117 cm³/mol. The van der Waals surface area contributed by atoms with Crippen molar-refractivity contribution in [2.45, 2.75) is 39.4 Å². The van der Waals surface area contributed by atoms with Crippen LogP contribution in [0.2, 0.25) is 0 Å². The highest BCUT2D eigenvalue weighted by Crippen LogP contribution is 2.37. The molecule has 0 saturated heterocycles. The van der Waals surface area contributed by atoms with Crippen LogP contribution >= 0.6 is 0 Å². The third-order valence-electron chi connectivity index (χ3n) is 5.52. The second-order valence-electron chi connectivity index (χ2n) is 8.03. The van der Waals surface area contributed by atoms with E-state index in [2.05, 4.69) is 49.2 Å². The number of alkyl halides is 3. The summed E-state index contributed by atoms with van der Waals surface area (Å²) in [5.41, 5.74) is 1.73. The van der Waals surface area contributed by atoms with Gasteiger partial charge in [0, 0.05) is 26.6 Å². The van der Waals surface area contributed by atoms with E-state index in [9.17, 15) is 18.0 Å². The fourth-order valence-electron chi connectivity index (χ4n) is 3.65. The number of hydrogen-bond donors (Lipinski definition) is 2. The van der Waals surface area contributed by atoms with Crippen molar-refractivity contribution < 1.29 is 18.0 Å². The zero-order valence-electron chi connectivity index (χ0n) is 18.5. The van der Waals surface area contributed by atoms with E-state index in [0.29, 0.717) is 17.6 Å². The first-order chi connectivity index (χ1) is 15.5. The lowest BCUT2D eigenvalue weighted by Crippen LogP contribution is -2.28. The molecule has 0 bridgehead atoms. The van der Waals surface area contributed by atoms with Crippen molar-refractivity contribution in [3.05, 3.63) is 35.7 Å². The van der Waals surface area contributed by atoms with E-state index in [4.69, 9.17) is 0 Å². The summed E-state index contributed by atoms with van der Waals surface area (Å²) in [4.78, 5) is 27.4. The monoisotopic (exact) mass is 460 g/mol. The molecular weight excluding hydrogens is 437 g/mol. The van der Waals surface area contributed by atoms with Crippen LogP contribution in [-0.2, 0) is 17.4 Å². The molecule has 0 radical (unpaired) electrons. The Morgan fingerprint density at radius 1 is 1.24 bits per heavy atom. The van der Waals surface area contributed by atoms with E-state index in [1.807, 2.05) is 6.07 Å². The number of aromatic amines is 1. The van der Waals surface area contributed by atoms with Gasteiger partial charge in [-0.3, -0.25) is 14.9 Å². The fourth-order valence-corrected chi connectivity index (χ4v) is 3.65. The van der Waals surface area contributed by atoms with Gasteiger partial charge in [0.05, 0.1) is 23.8 Å². The Hall–Kier alpha value is -3.70. The molecule has 1 aliphatic heterocycles. The van der Waals surface area contributed by atoms with E-state index < -0.39 is 23.5 Å². The van der Waals surface area contributed by atoms with Crippen molar-refractivity contribution >= 4 is 29.0 Å². The molecule has 0 saturated carbocycles. The topological polar surface area (TPSA) is 103 Å². The number of amides is 1. The van der Waals surface area contributed by atoms with Crippen molar-refractivity contribution in [2.24, 2.45) is 0 Å². The van der Waals surface area contributed by atoms with Crippen molar-refractivity contribution in [1.82, 2.24) is 25.1 Å². The van der Waals surface area contributed by atoms with Gasteiger partial charge in [0.2, 0.25) is 11.9 Å². The first-order valence-electron chi connectivity index (χ1n) is 10.3. The predicted octanol–water partition coefficient (Wildman–Crippen LogP) is 3.78. The maximum Gasteiger partial charge on any atom is 0.420 e. The van der Waals surface area contributed by atoms with Gasteiger partial charge in [-0.25, -0.2) is 4.98 Å². The van der Waals surface area contributed by atoms with E-state index in [0.717, 1.165) is 35.2 Å². The summed E-state index contributed by atoms with van der Waals surface area (Å²) in [7, 11) is 1.37. The standard InChI is InChI=1S/C21H23F3N8O/c1-11(2)32-6-5-13-7-16(25-10-17(13)32)19-28-20(30-29-19)27-18-15(21(22,23)24)8-14(9-26-18)31(4)12(3)33/h7-11H,5-6H2,1-4H3,(H2,26,27,28,29,30). The van der Waals surface area contributed by atoms with E-state index in [-0.39, 0.29) is 11.6 Å². The number of carbonyl (C=O) groups is 1. The number of halogens is 3. The van der Waals surface area contributed by atoms with Crippen LogP contribution < -0.4 is 15.1 Å². The Morgan fingerprint density at radius 3 is 2.67 bits per heavy atom. The number of rotatable bonds is 5. The smallest absolute Gasteiger partial charge is 0.367 e. The molecule has 9 nitrogen and oxygen atoms in total. The van der Waals surface area contributed by atoms with Gasteiger partial charge >= 0.3 is 6.18 Å². The number of anilines is 4. The maximum atomic E-state index is 13.6. The zero-order valence-corrected chi connectivity index (χ0v) is 18.5. The molecule has 4 heterocycles. The summed E-state index contributed by atoms with van der Waals surface area (Å²) in [6, 6.07) is 3.12. The van der Waals surface area contributed by atoms with Crippen LogP contribution in [0, 0.1) is 0 Å². The number of fused-ring (bicyclic) bond motifs is 1. The molecule has 12 heteroatoms. The van der Waals surface area contributed by atoms with Gasteiger partial charge in [-0.1, -0.05) is 0 Å². The van der Waals surface area contributed by atoms with Crippen molar-refractivity contribution in [3.63, 3.8) is 0 Å². The molecule has 174 valence electrons. The molecule has 1 amide bonds. The second kappa shape index (κ2) is 8.34. The largest absolute Gasteiger partial charge is 0.420 e. The summed E-state index contributed by atoms with van der Waals surface area (Å²) >= 11 is 0. The quantitative estimate of drug-likeness (QED) is 0.597. The molecule has 0 aromatic carbocycles. The molecule has 3 aromatic heterocycles. The third-order valence-corrected chi connectivity index (χ3v) is 5.52. The first kappa shape index (κ1) is 22.5. The van der Waals surface area contributed by atoms with Gasteiger partial charge in [0.1, 0.15) is 17.1 Å². The van der Waals surface area contributed by atoms with Crippen molar-refractivity contribution in [2.75, 3.05) is 28.7 Å². The van der Waals surface area contributed by atoms with Crippen LogP contribution in [0.25, 0.3) is 11.5 Å². The van der Waals surface area contributed by atoms with Gasteiger partial charge in [0.25, 0.3) is 0 Å². The minimum atomic E-state index is -4.70. The lowest BCUT2D eigenvalue weighted by atomic mass is 10.2. The summed E-state index contributed by atoms with van der Waals surface area (Å²) < 4.78 is 40.9. The first-order valence-corrected chi connectivity index (χ1v) is 10.3. The molecule has 33 heavy (non-hydrogen) atoms. The highest BCUT2D eigenvalue weighted by atomic mass is 19.4. The summed E-state index contributed by atoms with van der Waals surface area (Å²) in [6.07, 6.45) is -0.871. The number of pyridine rings is 2. The molecule has 0 spiro atoms. The van der Waals surface area contributed by atoms with Crippen LogP contribution in [0.3, 0.4) is 0 Å². The van der Waals surface area contributed by atoms with E-state index in [1.165, 1.54) is 20.2 Å². The summed E-state index contributed by atoms with van der Waals surface area (Å²) in [6.45, 7) is 6.39. The van der Waals surface area contributed by atoms with Crippen LogP contribution in [-0.4, -0.2) is 50.7 Å². The average molecular weight is 460 g/mol. The molecule has 0 unspecified atom stereocenters. The second-order valence-corrected chi connectivity index (χ2v) is 8.03. The summed E-state index contributed by atoms with van der Waals surface area (Å²) in [5, 5.41) is 9.19. The number of aromatic nitrogens is 5. The third kappa shape index (κ3) is 4.45. The van der Waals surface area contributed by atoms with Crippen LogP contribution in [0.4, 0.5) is 36.3 Å². The molecule has 1 aliphatic rings. The van der Waals surface area contributed by atoms with E-state index >= 15 is 0 Å². The lowest BCUT2D eigenvalue weighted by Gasteiger charge is -2.23. The average Bonchev–Trinajstić information content (AvgIpc) is 3.39. The lowest BCUT2D eigenvalue weighted by molar-refractivity contribution is -0.137. The molecule has 2 N–H and O–H groups in total. The van der Waals surface area contributed by atoms with Gasteiger partial charge in [-0.05, 0) is 38.0 Å². The minimum Gasteiger partial charge on any atom is -0.367 e. The van der Waals surface area contributed by atoms with Crippen LogP contribution in [0.5, 0.6) is 0 Å². The Balaban J connectivity index is 1.60. The highest BCUT2D eigenvalue weighted by Gasteiger charge is 2.35. The molecule has 4 rings (SSSR count). The van der Waals surface area contributed by atoms with E-state index in [1.54, 1.807) is 6.20 Å². The highest BCUT2D eigenvalue weighted by molar-refractivity contribution is 5.91. The van der Waals surface area contributed by atoms with Gasteiger partial charge in [0.15, 0.2) is 5.82 Å². The molecule has 0 aliphatic carbocycles. The van der Waals surface area contributed by atoms with Crippen molar-refractivity contribution in [1.29, 1.82) is 0 Å². The number of H-pyrrole nitrogens is 1. The normalized spacial score (nSPS) is 13.4. The SMILES string of the molecule is CC(=O)N(C)c1cnc(Nc2n[nH]c(-c3cc4c(cn3)N(C(C)C)CC4)n2)c(C(F)(F)F)c1. The van der Waals surface area contributed by atoms with Crippen LogP contribution in [0.1, 0.15) is 31.9 Å². The molecule has 3 aromatic rings. The number of nitrogens with zero attached hydrogens (tertiary/aromatic N) is 6. The van der Waals surface area contributed by atoms with Crippen LogP contribution in [0.15, 0.2) is 24.5 Å². The summed E-state index contributed by atoms with van der Waals surface area (Å²) in [5.74, 6) is -0.641. The molecule has 0 atom stereocenters. The Morgan fingerprint density at radius 2 is 2.00 bits per heavy atom. The Bertz CT molecular complexity index is 1190. The van der Waals surface area contributed by atoms with Gasteiger partial charge < -0.3 is 15.1 Å². The number of carbonyl (C=O) groups excluding carboxylic acids is 1. The maximum absolute atomic E-state index is 13.6. The Kier molecular flexibility index (Phi) is 5.68. The number of hydrogen-bond acceptors (Lipinski definition) is 7. The Labute approximate surface area is 188 Å². The van der Waals surface area contributed by atoms with Crippen molar-refractivity contribution in [3.8, 4) is 11.5 Å². The molecule has 0 fully saturated rings. The number of nitrogens with one attached hydrogen (secondary N) is 2. The van der Waals surface area contributed by atoms with Gasteiger partial charge in [-0.2, -0.15) is 18.2 Å². The van der Waals surface area contributed by atoms with Gasteiger partial charge in [-0.15, -0.1) is 5.10 Å².